The summed E-state index contributed by atoms with van der Waals surface area (Å²) in [5, 5.41) is 3.07. The van der Waals surface area contributed by atoms with Gasteiger partial charge in [0.15, 0.2) is 0 Å². The fourth-order valence-electron chi connectivity index (χ4n) is 1.42. The SMILES string of the molecule is CCNC(CCN(C)CCOCC)C(N)=O. The number of rotatable bonds is 10. The van der Waals surface area contributed by atoms with E-state index in [-0.39, 0.29) is 11.9 Å². The third kappa shape index (κ3) is 7.62. The first-order chi connectivity index (χ1) is 7.61. The Morgan fingerprint density at radius 3 is 2.62 bits per heavy atom. The van der Waals surface area contributed by atoms with Gasteiger partial charge in [-0.2, -0.15) is 0 Å². The van der Waals surface area contributed by atoms with Gasteiger partial charge in [0, 0.05) is 13.2 Å². The Morgan fingerprint density at radius 2 is 2.12 bits per heavy atom. The summed E-state index contributed by atoms with van der Waals surface area (Å²) in [7, 11) is 2.02. The van der Waals surface area contributed by atoms with E-state index < -0.39 is 0 Å². The van der Waals surface area contributed by atoms with E-state index in [4.69, 9.17) is 10.5 Å². The fraction of sp³-hybridized carbons (Fsp3) is 0.909. The first kappa shape index (κ1) is 15.3. The minimum Gasteiger partial charge on any atom is -0.380 e. The molecule has 1 unspecified atom stereocenters. The molecule has 0 saturated carbocycles. The molecule has 1 amide bonds. The van der Waals surface area contributed by atoms with Gasteiger partial charge in [0.2, 0.25) is 5.91 Å². The van der Waals surface area contributed by atoms with E-state index in [1.807, 2.05) is 20.9 Å². The number of hydrogen-bond donors (Lipinski definition) is 2. The largest absolute Gasteiger partial charge is 0.380 e. The first-order valence-electron chi connectivity index (χ1n) is 5.90. The van der Waals surface area contributed by atoms with E-state index in [9.17, 15) is 4.79 Å². The maximum absolute atomic E-state index is 11.1. The van der Waals surface area contributed by atoms with Crippen molar-refractivity contribution in [2.45, 2.75) is 26.3 Å². The number of nitrogens with one attached hydrogen (secondary N) is 1. The van der Waals surface area contributed by atoms with Crippen LogP contribution < -0.4 is 11.1 Å². The summed E-state index contributed by atoms with van der Waals surface area (Å²) in [5.41, 5.74) is 5.29. The van der Waals surface area contributed by atoms with Crippen molar-refractivity contribution in [3.63, 3.8) is 0 Å². The Labute approximate surface area is 98.3 Å². The number of hydrogen-bond acceptors (Lipinski definition) is 4. The molecule has 0 saturated heterocycles. The molecule has 0 bridgehead atoms. The zero-order valence-corrected chi connectivity index (χ0v) is 10.7. The molecular weight excluding hydrogens is 206 g/mol. The Hall–Kier alpha value is -0.650. The van der Waals surface area contributed by atoms with Crippen LogP contribution in [0.5, 0.6) is 0 Å². The molecule has 0 fully saturated rings. The minimum absolute atomic E-state index is 0.223. The lowest BCUT2D eigenvalue weighted by molar-refractivity contribution is -0.120. The number of carbonyl (C=O) groups is 1. The lowest BCUT2D eigenvalue weighted by Crippen LogP contribution is -2.43. The first-order valence-corrected chi connectivity index (χ1v) is 5.90. The van der Waals surface area contributed by atoms with Gasteiger partial charge in [0.1, 0.15) is 0 Å². The third-order valence-electron chi connectivity index (χ3n) is 2.41. The van der Waals surface area contributed by atoms with E-state index in [1.165, 1.54) is 0 Å². The number of ether oxygens (including phenoxy) is 1. The second kappa shape index (κ2) is 9.57. The number of amides is 1. The topological polar surface area (TPSA) is 67.6 Å². The van der Waals surface area contributed by atoms with Crippen molar-refractivity contribution in [2.24, 2.45) is 5.73 Å². The zero-order chi connectivity index (χ0) is 12.4. The second-order valence-corrected chi connectivity index (χ2v) is 3.80. The van der Waals surface area contributed by atoms with Gasteiger partial charge in [-0.15, -0.1) is 0 Å². The Morgan fingerprint density at radius 1 is 1.44 bits per heavy atom. The van der Waals surface area contributed by atoms with Crippen molar-refractivity contribution >= 4 is 5.91 Å². The van der Waals surface area contributed by atoms with Crippen LogP contribution >= 0.6 is 0 Å². The van der Waals surface area contributed by atoms with Crippen molar-refractivity contribution in [2.75, 3.05) is 39.9 Å². The van der Waals surface area contributed by atoms with E-state index >= 15 is 0 Å². The second-order valence-electron chi connectivity index (χ2n) is 3.80. The highest BCUT2D eigenvalue weighted by Gasteiger charge is 2.13. The highest BCUT2D eigenvalue weighted by molar-refractivity contribution is 5.79. The van der Waals surface area contributed by atoms with Crippen molar-refractivity contribution < 1.29 is 9.53 Å². The predicted octanol–water partition coefficient (Wildman–Crippen LogP) is -0.192. The summed E-state index contributed by atoms with van der Waals surface area (Å²) in [6.07, 6.45) is 0.742. The molecule has 3 N–H and O–H groups in total. The molecule has 5 nitrogen and oxygen atoms in total. The fourth-order valence-corrected chi connectivity index (χ4v) is 1.42. The van der Waals surface area contributed by atoms with Crippen molar-refractivity contribution in [3.8, 4) is 0 Å². The Kier molecular flexibility index (Phi) is 9.18. The highest BCUT2D eigenvalue weighted by atomic mass is 16.5. The van der Waals surface area contributed by atoms with Gasteiger partial charge in [-0.25, -0.2) is 0 Å². The van der Waals surface area contributed by atoms with Crippen LogP contribution in [0.25, 0.3) is 0 Å². The monoisotopic (exact) mass is 231 g/mol. The minimum atomic E-state index is -0.278. The number of nitrogens with zero attached hydrogens (tertiary/aromatic N) is 1. The van der Waals surface area contributed by atoms with Crippen molar-refractivity contribution in [1.29, 1.82) is 0 Å². The van der Waals surface area contributed by atoms with Crippen LogP contribution in [0.4, 0.5) is 0 Å². The maximum Gasteiger partial charge on any atom is 0.234 e. The molecule has 0 aliphatic rings. The van der Waals surface area contributed by atoms with Gasteiger partial charge in [0.25, 0.3) is 0 Å². The van der Waals surface area contributed by atoms with E-state index in [0.29, 0.717) is 0 Å². The number of nitrogens with two attached hydrogens (primary N) is 1. The van der Waals surface area contributed by atoms with Gasteiger partial charge in [-0.05, 0) is 33.5 Å². The quantitative estimate of drug-likeness (QED) is 0.511. The van der Waals surface area contributed by atoms with Crippen molar-refractivity contribution in [3.05, 3.63) is 0 Å². The lowest BCUT2D eigenvalue weighted by atomic mass is 10.2. The number of primary amides is 1. The summed E-state index contributed by atoms with van der Waals surface area (Å²) in [6.45, 7) is 7.91. The number of carbonyl (C=O) groups excluding carboxylic acids is 1. The average molecular weight is 231 g/mol. The van der Waals surface area contributed by atoms with Crippen LogP contribution in [-0.2, 0) is 9.53 Å². The van der Waals surface area contributed by atoms with E-state index in [2.05, 4.69) is 10.2 Å². The van der Waals surface area contributed by atoms with Gasteiger partial charge in [-0.3, -0.25) is 4.79 Å². The molecule has 96 valence electrons. The summed E-state index contributed by atoms with van der Waals surface area (Å²) in [5.74, 6) is -0.278. The standard InChI is InChI=1S/C11H25N3O2/c1-4-13-10(11(12)15)6-7-14(3)8-9-16-5-2/h10,13H,4-9H2,1-3H3,(H2,12,15). The van der Waals surface area contributed by atoms with Crippen molar-refractivity contribution in [1.82, 2.24) is 10.2 Å². The highest BCUT2D eigenvalue weighted by Crippen LogP contribution is 1.94. The van der Waals surface area contributed by atoms with Crippen LogP contribution in [0.2, 0.25) is 0 Å². The smallest absolute Gasteiger partial charge is 0.234 e. The molecule has 0 aliphatic heterocycles. The van der Waals surface area contributed by atoms with Crippen LogP contribution in [0, 0.1) is 0 Å². The van der Waals surface area contributed by atoms with Gasteiger partial charge in [-0.1, -0.05) is 6.92 Å². The summed E-state index contributed by atoms with van der Waals surface area (Å²) < 4.78 is 5.26. The van der Waals surface area contributed by atoms with E-state index in [0.717, 1.165) is 39.3 Å². The summed E-state index contributed by atoms with van der Waals surface area (Å²) >= 11 is 0. The molecule has 0 aromatic carbocycles. The third-order valence-corrected chi connectivity index (χ3v) is 2.41. The molecule has 0 aliphatic carbocycles. The summed E-state index contributed by atoms with van der Waals surface area (Å²) in [6, 6.07) is -0.223. The van der Waals surface area contributed by atoms with E-state index in [1.54, 1.807) is 0 Å². The van der Waals surface area contributed by atoms with Crippen LogP contribution in [-0.4, -0.2) is 56.7 Å². The Balaban J connectivity index is 3.69. The normalized spacial score (nSPS) is 13.0. The van der Waals surface area contributed by atoms with Gasteiger partial charge in [0.05, 0.1) is 12.6 Å². The summed E-state index contributed by atoms with van der Waals surface area (Å²) in [4.78, 5) is 13.2. The molecule has 0 aromatic heterocycles. The average Bonchev–Trinajstić information content (AvgIpc) is 2.24. The molecule has 0 radical (unpaired) electrons. The molecule has 1 atom stereocenters. The maximum atomic E-state index is 11.1. The lowest BCUT2D eigenvalue weighted by Gasteiger charge is -2.20. The Bertz CT molecular complexity index is 188. The van der Waals surface area contributed by atoms with Crippen LogP contribution in [0.15, 0.2) is 0 Å². The predicted molar refractivity (Wildman–Crippen MR) is 65.3 cm³/mol. The van der Waals surface area contributed by atoms with Gasteiger partial charge < -0.3 is 20.7 Å². The molecule has 0 aromatic rings. The van der Waals surface area contributed by atoms with Gasteiger partial charge >= 0.3 is 0 Å². The number of likely N-dealkylation sites (N-methyl/N-ethyl adjacent to an activating group) is 2. The molecule has 0 heterocycles. The molecule has 16 heavy (non-hydrogen) atoms. The van der Waals surface area contributed by atoms with Crippen LogP contribution in [0.3, 0.4) is 0 Å². The zero-order valence-electron chi connectivity index (χ0n) is 10.7. The molecular formula is C11H25N3O2. The molecule has 0 spiro atoms. The van der Waals surface area contributed by atoms with Crippen LogP contribution in [0.1, 0.15) is 20.3 Å². The molecule has 5 heteroatoms. The molecule has 0 rings (SSSR count).